The third kappa shape index (κ3) is 2.08. The van der Waals surface area contributed by atoms with E-state index in [1.54, 1.807) is 0 Å². The summed E-state index contributed by atoms with van der Waals surface area (Å²) in [6.45, 7) is 6.78. The SMILES string of the molecule is CN1CC[C@@](C)(C2(C)OCCO2)[C@H]1c1ccc(Cl)cc1. The molecule has 0 aromatic heterocycles. The van der Waals surface area contributed by atoms with E-state index in [0.29, 0.717) is 13.2 Å². The van der Waals surface area contributed by atoms with Gasteiger partial charge in [-0.3, -0.25) is 4.90 Å². The summed E-state index contributed by atoms with van der Waals surface area (Å²) < 4.78 is 12.0. The summed E-state index contributed by atoms with van der Waals surface area (Å²) in [5.41, 5.74) is 1.21. The number of nitrogens with zero attached hydrogens (tertiary/aromatic N) is 1. The Morgan fingerprint density at radius 1 is 1.15 bits per heavy atom. The van der Waals surface area contributed by atoms with Crippen LogP contribution in [0.1, 0.15) is 31.9 Å². The van der Waals surface area contributed by atoms with Crippen LogP contribution in [0.25, 0.3) is 0 Å². The minimum Gasteiger partial charge on any atom is -0.347 e. The minimum atomic E-state index is -0.512. The molecule has 2 fully saturated rings. The second kappa shape index (κ2) is 4.99. The van der Waals surface area contributed by atoms with Crippen molar-refractivity contribution in [2.75, 3.05) is 26.8 Å². The van der Waals surface area contributed by atoms with Crippen LogP contribution >= 0.6 is 11.6 Å². The molecule has 2 aliphatic rings. The van der Waals surface area contributed by atoms with Gasteiger partial charge in [0.05, 0.1) is 13.2 Å². The topological polar surface area (TPSA) is 21.7 Å². The molecule has 110 valence electrons. The zero-order chi connectivity index (χ0) is 14.4. The Morgan fingerprint density at radius 3 is 2.35 bits per heavy atom. The molecule has 0 amide bonds. The van der Waals surface area contributed by atoms with E-state index in [-0.39, 0.29) is 11.5 Å². The summed E-state index contributed by atoms with van der Waals surface area (Å²) in [6.07, 6.45) is 1.06. The predicted molar refractivity (Wildman–Crippen MR) is 79.9 cm³/mol. The fourth-order valence-corrected chi connectivity index (χ4v) is 3.87. The van der Waals surface area contributed by atoms with Gasteiger partial charge >= 0.3 is 0 Å². The van der Waals surface area contributed by atoms with Gasteiger partial charge in [-0.25, -0.2) is 0 Å². The molecule has 0 radical (unpaired) electrons. The molecule has 2 heterocycles. The maximum atomic E-state index is 6.02. The van der Waals surface area contributed by atoms with Crippen molar-refractivity contribution in [2.45, 2.75) is 32.1 Å². The monoisotopic (exact) mass is 295 g/mol. The van der Waals surface area contributed by atoms with Gasteiger partial charge in [0, 0.05) is 16.5 Å². The van der Waals surface area contributed by atoms with Gasteiger partial charge in [0.2, 0.25) is 0 Å². The molecule has 4 heteroatoms. The van der Waals surface area contributed by atoms with Crippen molar-refractivity contribution in [1.82, 2.24) is 4.90 Å². The Balaban J connectivity index is 1.99. The van der Waals surface area contributed by atoms with Crippen LogP contribution in [0.3, 0.4) is 0 Å². The first-order valence-corrected chi connectivity index (χ1v) is 7.58. The van der Waals surface area contributed by atoms with Crippen molar-refractivity contribution >= 4 is 11.6 Å². The van der Waals surface area contributed by atoms with Gasteiger partial charge in [-0.05, 0) is 44.6 Å². The number of benzene rings is 1. The molecule has 2 atom stereocenters. The summed E-state index contributed by atoms with van der Waals surface area (Å²) >= 11 is 6.02. The number of hydrogen-bond acceptors (Lipinski definition) is 3. The molecule has 0 N–H and O–H groups in total. The van der Waals surface area contributed by atoms with E-state index in [1.165, 1.54) is 5.56 Å². The highest BCUT2D eigenvalue weighted by Gasteiger charge is 2.57. The summed E-state index contributed by atoms with van der Waals surface area (Å²) in [5, 5.41) is 0.774. The number of likely N-dealkylation sites (tertiary alicyclic amines) is 1. The Kier molecular flexibility index (Phi) is 3.57. The molecular formula is C16H22ClNO2. The Bertz CT molecular complexity index is 484. The van der Waals surface area contributed by atoms with E-state index in [2.05, 4.69) is 37.9 Å². The molecule has 3 rings (SSSR count). The molecule has 2 aliphatic heterocycles. The van der Waals surface area contributed by atoms with Crippen molar-refractivity contribution in [1.29, 1.82) is 0 Å². The summed E-state index contributed by atoms with van der Waals surface area (Å²) in [6, 6.07) is 8.43. The molecule has 0 bridgehead atoms. The molecular weight excluding hydrogens is 274 g/mol. The Labute approximate surface area is 125 Å². The van der Waals surface area contributed by atoms with Gasteiger partial charge in [-0.2, -0.15) is 0 Å². The first-order chi connectivity index (χ1) is 9.46. The molecule has 0 unspecified atom stereocenters. The van der Waals surface area contributed by atoms with E-state index in [1.807, 2.05) is 12.1 Å². The quantitative estimate of drug-likeness (QED) is 0.834. The highest BCUT2D eigenvalue weighted by atomic mass is 35.5. The van der Waals surface area contributed by atoms with Gasteiger partial charge in [-0.1, -0.05) is 30.7 Å². The van der Waals surface area contributed by atoms with Gasteiger partial charge in [0.1, 0.15) is 0 Å². The van der Waals surface area contributed by atoms with Crippen molar-refractivity contribution < 1.29 is 9.47 Å². The first kappa shape index (κ1) is 14.3. The maximum Gasteiger partial charge on any atom is 0.172 e. The van der Waals surface area contributed by atoms with Crippen LogP contribution in [-0.2, 0) is 9.47 Å². The van der Waals surface area contributed by atoms with Crippen molar-refractivity contribution in [3.63, 3.8) is 0 Å². The van der Waals surface area contributed by atoms with Crippen LogP contribution in [0.2, 0.25) is 5.02 Å². The largest absolute Gasteiger partial charge is 0.347 e. The molecule has 20 heavy (non-hydrogen) atoms. The molecule has 0 saturated carbocycles. The van der Waals surface area contributed by atoms with Crippen LogP contribution in [-0.4, -0.2) is 37.5 Å². The normalized spacial score (nSPS) is 33.7. The van der Waals surface area contributed by atoms with Crippen LogP contribution in [0.4, 0.5) is 0 Å². The second-order valence-corrected chi connectivity index (χ2v) is 6.68. The third-order valence-electron chi connectivity index (χ3n) is 5.09. The van der Waals surface area contributed by atoms with Crippen molar-refractivity contribution in [3.05, 3.63) is 34.9 Å². The highest BCUT2D eigenvalue weighted by Crippen LogP contribution is 2.55. The van der Waals surface area contributed by atoms with E-state index in [9.17, 15) is 0 Å². The molecule has 0 spiro atoms. The van der Waals surface area contributed by atoms with Crippen LogP contribution < -0.4 is 0 Å². The second-order valence-electron chi connectivity index (χ2n) is 6.24. The number of hydrogen-bond donors (Lipinski definition) is 0. The Morgan fingerprint density at radius 2 is 1.75 bits per heavy atom. The standard InChI is InChI=1S/C16H22ClNO2/c1-15(16(2)19-10-11-20-16)8-9-18(3)14(15)12-4-6-13(17)7-5-12/h4-7,14H,8-11H2,1-3H3/t14-,15-/m1/s1. The zero-order valence-electron chi connectivity index (χ0n) is 12.4. The molecule has 1 aromatic carbocycles. The lowest BCUT2D eigenvalue weighted by Gasteiger charge is -2.44. The fourth-order valence-electron chi connectivity index (χ4n) is 3.75. The molecule has 0 aliphatic carbocycles. The zero-order valence-corrected chi connectivity index (χ0v) is 13.1. The van der Waals surface area contributed by atoms with Gasteiger partial charge in [-0.15, -0.1) is 0 Å². The lowest BCUT2D eigenvalue weighted by Crippen LogP contribution is -2.48. The van der Waals surface area contributed by atoms with E-state index >= 15 is 0 Å². The van der Waals surface area contributed by atoms with Crippen LogP contribution in [0, 0.1) is 5.41 Å². The molecule has 2 saturated heterocycles. The fraction of sp³-hybridized carbons (Fsp3) is 0.625. The molecule has 3 nitrogen and oxygen atoms in total. The highest BCUT2D eigenvalue weighted by molar-refractivity contribution is 6.30. The van der Waals surface area contributed by atoms with Crippen molar-refractivity contribution in [2.24, 2.45) is 5.41 Å². The predicted octanol–water partition coefficient (Wildman–Crippen LogP) is 3.49. The Hall–Kier alpha value is -0.610. The van der Waals surface area contributed by atoms with Gasteiger partial charge in [0.15, 0.2) is 5.79 Å². The number of rotatable bonds is 2. The van der Waals surface area contributed by atoms with E-state index in [0.717, 1.165) is 18.0 Å². The van der Waals surface area contributed by atoms with E-state index < -0.39 is 5.79 Å². The minimum absolute atomic E-state index is 0.0634. The smallest absolute Gasteiger partial charge is 0.172 e. The van der Waals surface area contributed by atoms with Gasteiger partial charge in [0.25, 0.3) is 0 Å². The molecule has 1 aromatic rings. The average Bonchev–Trinajstić information content (AvgIpc) is 2.99. The van der Waals surface area contributed by atoms with Crippen LogP contribution in [0.15, 0.2) is 24.3 Å². The lowest BCUT2D eigenvalue weighted by molar-refractivity contribution is -0.227. The van der Waals surface area contributed by atoms with E-state index in [4.69, 9.17) is 21.1 Å². The first-order valence-electron chi connectivity index (χ1n) is 7.20. The lowest BCUT2D eigenvalue weighted by atomic mass is 9.72. The summed E-state index contributed by atoms with van der Waals surface area (Å²) in [5.74, 6) is -0.512. The third-order valence-corrected chi connectivity index (χ3v) is 5.34. The van der Waals surface area contributed by atoms with Gasteiger partial charge < -0.3 is 9.47 Å². The summed E-state index contributed by atoms with van der Waals surface area (Å²) in [7, 11) is 2.17. The number of ether oxygens (including phenoxy) is 2. The van der Waals surface area contributed by atoms with Crippen molar-refractivity contribution in [3.8, 4) is 0 Å². The maximum absolute atomic E-state index is 6.02. The average molecular weight is 296 g/mol. The summed E-state index contributed by atoms with van der Waals surface area (Å²) in [4.78, 5) is 2.39. The number of halogens is 1. The van der Waals surface area contributed by atoms with Crippen LogP contribution in [0.5, 0.6) is 0 Å².